The Morgan fingerprint density at radius 3 is 2.44 bits per heavy atom. The highest BCUT2D eigenvalue weighted by Gasteiger charge is 2.20. The van der Waals surface area contributed by atoms with E-state index in [-0.39, 0.29) is 12.3 Å². The fourth-order valence-corrected chi connectivity index (χ4v) is 4.84. The van der Waals surface area contributed by atoms with Crippen LogP contribution < -0.4 is 4.74 Å². The first-order valence-electron chi connectivity index (χ1n) is 11.3. The van der Waals surface area contributed by atoms with Gasteiger partial charge in [-0.05, 0) is 42.5 Å². The highest BCUT2D eigenvalue weighted by Crippen LogP contribution is 2.31. The number of aryl methyl sites for hydroxylation is 1. The topological polar surface area (TPSA) is 85.5 Å². The zero-order valence-corrected chi connectivity index (χ0v) is 20.3. The van der Waals surface area contributed by atoms with E-state index in [1.165, 1.54) is 11.8 Å². The summed E-state index contributed by atoms with van der Waals surface area (Å²) in [5.41, 5.74) is 4.87. The molecule has 6 nitrogen and oxygen atoms in total. The van der Waals surface area contributed by atoms with E-state index in [1.54, 1.807) is 17.4 Å². The Labute approximate surface area is 203 Å². The summed E-state index contributed by atoms with van der Waals surface area (Å²) in [5.74, 6) is 0.0874. The predicted molar refractivity (Wildman–Crippen MR) is 132 cm³/mol. The third kappa shape index (κ3) is 5.91. The van der Waals surface area contributed by atoms with Gasteiger partial charge in [0, 0.05) is 17.5 Å². The molecular formula is C27H28N2O4S. The number of rotatable bonds is 10. The van der Waals surface area contributed by atoms with Crippen LogP contribution in [0.25, 0.3) is 10.6 Å². The smallest absolute Gasteiger partial charge is 0.304 e. The molecule has 0 amide bonds. The van der Waals surface area contributed by atoms with Gasteiger partial charge in [-0.3, -0.25) is 4.79 Å². The van der Waals surface area contributed by atoms with Gasteiger partial charge < -0.3 is 14.4 Å². The zero-order chi connectivity index (χ0) is 24.1. The Kier molecular flexibility index (Phi) is 7.43. The van der Waals surface area contributed by atoms with E-state index < -0.39 is 5.97 Å². The number of ether oxygens (including phenoxy) is 1. The van der Waals surface area contributed by atoms with Gasteiger partial charge in [-0.15, -0.1) is 11.3 Å². The highest BCUT2D eigenvalue weighted by molar-refractivity contribution is 7.15. The molecule has 0 radical (unpaired) electrons. The Bertz CT molecular complexity index is 1210. The van der Waals surface area contributed by atoms with Crippen molar-refractivity contribution in [3.05, 3.63) is 88.3 Å². The molecule has 0 saturated carbocycles. The molecule has 0 aliphatic rings. The maximum absolute atomic E-state index is 11.3. The number of carboxylic acids is 1. The summed E-state index contributed by atoms with van der Waals surface area (Å²) < 4.78 is 10.9. The van der Waals surface area contributed by atoms with E-state index >= 15 is 0 Å². The van der Waals surface area contributed by atoms with Gasteiger partial charge in [-0.25, -0.2) is 4.98 Å². The second-order valence-electron chi connectivity index (χ2n) is 8.75. The summed E-state index contributed by atoms with van der Waals surface area (Å²) in [6.45, 7) is 6.88. The Hall–Kier alpha value is -3.45. The van der Waals surface area contributed by atoms with Crippen LogP contribution in [0.2, 0.25) is 0 Å². The van der Waals surface area contributed by atoms with Crippen molar-refractivity contribution in [3.8, 4) is 16.3 Å². The van der Waals surface area contributed by atoms with Crippen molar-refractivity contribution in [1.82, 2.24) is 10.1 Å². The predicted octanol–water partition coefficient (Wildman–Crippen LogP) is 6.49. The number of benzene rings is 2. The first-order chi connectivity index (χ1) is 16.4. The van der Waals surface area contributed by atoms with Crippen LogP contribution in [0.15, 0.2) is 65.4 Å². The van der Waals surface area contributed by atoms with Gasteiger partial charge in [-0.2, -0.15) is 0 Å². The third-order valence-electron chi connectivity index (χ3n) is 5.58. The summed E-state index contributed by atoms with van der Waals surface area (Å²) in [5, 5.41) is 14.2. The lowest BCUT2D eigenvalue weighted by molar-refractivity contribution is -0.137. The Morgan fingerprint density at radius 1 is 1.09 bits per heavy atom. The van der Waals surface area contributed by atoms with E-state index in [0.717, 1.165) is 33.1 Å². The lowest BCUT2D eigenvalue weighted by Crippen LogP contribution is -2.08. The second kappa shape index (κ2) is 10.7. The molecule has 2 aromatic carbocycles. The van der Waals surface area contributed by atoms with Crippen molar-refractivity contribution in [2.75, 3.05) is 0 Å². The summed E-state index contributed by atoms with van der Waals surface area (Å²) in [7, 11) is 0. The number of carbonyl (C=O) groups is 1. The van der Waals surface area contributed by atoms with E-state index in [1.807, 2.05) is 31.2 Å². The average Bonchev–Trinajstić information content (AvgIpc) is 3.47. The van der Waals surface area contributed by atoms with Crippen LogP contribution in [0.4, 0.5) is 0 Å². The molecule has 0 fully saturated rings. The van der Waals surface area contributed by atoms with Gasteiger partial charge in [0.1, 0.15) is 23.6 Å². The molecule has 0 aliphatic heterocycles. The number of thiazole rings is 1. The van der Waals surface area contributed by atoms with Crippen molar-refractivity contribution < 1.29 is 19.2 Å². The normalized spacial score (nSPS) is 12.1. The first kappa shape index (κ1) is 23.7. The van der Waals surface area contributed by atoms with Crippen LogP contribution in [0.1, 0.15) is 53.6 Å². The lowest BCUT2D eigenvalue weighted by Gasteiger charge is -2.13. The van der Waals surface area contributed by atoms with Crippen molar-refractivity contribution in [2.45, 2.75) is 46.1 Å². The molecular weight excluding hydrogens is 448 g/mol. The number of hydrogen-bond donors (Lipinski definition) is 1. The number of carboxylic acid groups (broad SMARTS) is 1. The quantitative estimate of drug-likeness (QED) is 0.281. The summed E-state index contributed by atoms with van der Waals surface area (Å²) >= 11 is 1.64. The third-order valence-corrected chi connectivity index (χ3v) is 6.76. The Morgan fingerprint density at radius 2 is 1.82 bits per heavy atom. The SMILES string of the molecule is Cc1nc(-c2ccc(CC(C)C)cc2)sc1COc1ccc([C@H](CC(=O)O)c2ccon2)cc1. The van der Waals surface area contributed by atoms with E-state index in [0.29, 0.717) is 24.0 Å². The van der Waals surface area contributed by atoms with Gasteiger partial charge in [0.25, 0.3) is 0 Å². The number of nitrogens with zero attached hydrogens (tertiary/aromatic N) is 2. The summed E-state index contributed by atoms with van der Waals surface area (Å²) in [6, 6.07) is 17.8. The molecule has 4 rings (SSSR count). The molecule has 0 saturated heterocycles. The molecule has 176 valence electrons. The van der Waals surface area contributed by atoms with Crippen LogP contribution in [-0.4, -0.2) is 21.2 Å². The van der Waals surface area contributed by atoms with Crippen molar-refractivity contribution in [1.29, 1.82) is 0 Å². The first-order valence-corrected chi connectivity index (χ1v) is 12.1. The van der Waals surface area contributed by atoms with E-state index in [4.69, 9.17) is 14.2 Å². The van der Waals surface area contributed by atoms with Crippen LogP contribution in [0, 0.1) is 12.8 Å². The van der Waals surface area contributed by atoms with Crippen LogP contribution in [0.5, 0.6) is 5.75 Å². The Balaban J connectivity index is 1.42. The van der Waals surface area contributed by atoms with Crippen LogP contribution in [-0.2, 0) is 17.8 Å². The average molecular weight is 477 g/mol. The highest BCUT2D eigenvalue weighted by atomic mass is 32.1. The summed E-state index contributed by atoms with van der Waals surface area (Å²) in [4.78, 5) is 17.1. The molecule has 4 aromatic rings. The molecule has 0 aliphatic carbocycles. The molecule has 1 atom stereocenters. The minimum absolute atomic E-state index is 0.0615. The van der Waals surface area contributed by atoms with Crippen LogP contribution >= 0.6 is 11.3 Å². The van der Waals surface area contributed by atoms with Crippen molar-refractivity contribution in [2.24, 2.45) is 5.92 Å². The standard InChI is InChI=1S/C27H28N2O4S/c1-17(2)14-19-4-6-21(7-5-19)27-28-18(3)25(34-27)16-32-22-10-8-20(9-11-22)23(15-26(30)31)24-12-13-33-29-24/h4-13,17,23H,14-16H2,1-3H3,(H,30,31)/t23-/m0/s1. The monoisotopic (exact) mass is 476 g/mol. The number of aromatic nitrogens is 2. The minimum atomic E-state index is -0.889. The van der Waals surface area contributed by atoms with Gasteiger partial charge in [-0.1, -0.05) is 55.4 Å². The largest absolute Gasteiger partial charge is 0.488 e. The van der Waals surface area contributed by atoms with Crippen molar-refractivity contribution >= 4 is 17.3 Å². The van der Waals surface area contributed by atoms with Gasteiger partial charge >= 0.3 is 5.97 Å². The maximum Gasteiger partial charge on any atom is 0.304 e. The van der Waals surface area contributed by atoms with Gasteiger partial charge in [0.05, 0.1) is 22.7 Å². The molecule has 2 heterocycles. The fraction of sp³-hybridized carbons (Fsp3) is 0.296. The van der Waals surface area contributed by atoms with Crippen molar-refractivity contribution in [3.63, 3.8) is 0 Å². The maximum atomic E-state index is 11.3. The lowest BCUT2D eigenvalue weighted by atomic mass is 9.92. The molecule has 1 N–H and O–H groups in total. The van der Waals surface area contributed by atoms with E-state index in [9.17, 15) is 9.90 Å². The number of hydrogen-bond acceptors (Lipinski definition) is 6. The molecule has 2 aromatic heterocycles. The zero-order valence-electron chi connectivity index (χ0n) is 19.5. The molecule has 0 spiro atoms. The minimum Gasteiger partial charge on any atom is -0.488 e. The van der Waals surface area contributed by atoms with Gasteiger partial charge in [0.2, 0.25) is 0 Å². The summed E-state index contributed by atoms with van der Waals surface area (Å²) in [6.07, 6.45) is 2.46. The molecule has 0 unspecified atom stereocenters. The molecule has 7 heteroatoms. The second-order valence-corrected chi connectivity index (χ2v) is 9.84. The van der Waals surface area contributed by atoms with Crippen LogP contribution in [0.3, 0.4) is 0 Å². The van der Waals surface area contributed by atoms with E-state index in [2.05, 4.69) is 43.3 Å². The number of aliphatic carboxylic acids is 1. The fourth-order valence-electron chi connectivity index (χ4n) is 3.85. The van der Waals surface area contributed by atoms with Gasteiger partial charge in [0.15, 0.2) is 0 Å². The molecule has 0 bridgehead atoms. The molecule has 34 heavy (non-hydrogen) atoms.